The van der Waals surface area contributed by atoms with Gasteiger partial charge in [0.05, 0.1) is 5.71 Å². The van der Waals surface area contributed by atoms with Crippen LogP contribution in [0.3, 0.4) is 0 Å². The van der Waals surface area contributed by atoms with Crippen molar-refractivity contribution < 1.29 is 14.0 Å². The lowest BCUT2D eigenvalue weighted by Crippen LogP contribution is -2.29. The molecule has 2 aromatic rings. The molecule has 2 aromatic carbocycles. The molecule has 6 heteroatoms. The van der Waals surface area contributed by atoms with Crippen LogP contribution in [0, 0.1) is 5.82 Å². The van der Waals surface area contributed by atoms with Gasteiger partial charge in [0, 0.05) is 24.2 Å². The molecule has 1 atom stereocenters. The molecule has 0 saturated carbocycles. The monoisotopic (exact) mass is 367 g/mol. The van der Waals surface area contributed by atoms with Gasteiger partial charge in [0.15, 0.2) is 0 Å². The Labute approximate surface area is 157 Å². The molecule has 0 radical (unpaired) electrons. The van der Waals surface area contributed by atoms with Gasteiger partial charge in [-0.3, -0.25) is 9.69 Å². The lowest BCUT2D eigenvalue weighted by atomic mass is 10.0. The number of amides is 1. The number of halogens is 1. The average Bonchev–Trinajstić information content (AvgIpc) is 3.35. The van der Waals surface area contributed by atoms with Gasteiger partial charge in [-0.25, -0.2) is 4.39 Å². The summed E-state index contributed by atoms with van der Waals surface area (Å²) in [6.45, 7) is 3.02. The number of carbonyl (C=O) groups is 1. The fourth-order valence-electron chi connectivity index (χ4n) is 3.53. The molecule has 1 amide bonds. The fourth-order valence-corrected chi connectivity index (χ4v) is 3.53. The van der Waals surface area contributed by atoms with Crippen LogP contribution in [-0.2, 0) is 16.2 Å². The second-order valence-corrected chi connectivity index (χ2v) is 6.98. The van der Waals surface area contributed by atoms with Crippen molar-refractivity contribution in [3.63, 3.8) is 0 Å². The molecule has 4 rings (SSSR count). The Morgan fingerprint density at radius 3 is 2.81 bits per heavy atom. The third-order valence-electron chi connectivity index (χ3n) is 4.99. The molecule has 140 valence electrons. The van der Waals surface area contributed by atoms with E-state index in [2.05, 4.69) is 15.4 Å². The summed E-state index contributed by atoms with van der Waals surface area (Å²) in [5.74, 6) is -0.571. The van der Waals surface area contributed by atoms with Crippen LogP contribution in [0.25, 0.3) is 0 Å². The first-order valence-electron chi connectivity index (χ1n) is 9.29. The van der Waals surface area contributed by atoms with Crippen molar-refractivity contribution in [2.24, 2.45) is 5.16 Å². The Morgan fingerprint density at radius 1 is 1.19 bits per heavy atom. The number of oxime groups is 1. The molecule has 0 aromatic heterocycles. The summed E-state index contributed by atoms with van der Waals surface area (Å²) in [7, 11) is 0. The summed E-state index contributed by atoms with van der Waals surface area (Å²) >= 11 is 0. The number of hydrogen-bond acceptors (Lipinski definition) is 4. The third-order valence-corrected chi connectivity index (χ3v) is 4.99. The Bertz CT molecular complexity index is 862. The highest BCUT2D eigenvalue weighted by Crippen LogP contribution is 2.23. The van der Waals surface area contributed by atoms with Crippen molar-refractivity contribution in [3.05, 3.63) is 65.5 Å². The van der Waals surface area contributed by atoms with E-state index in [1.165, 1.54) is 25.0 Å². The largest absolute Gasteiger partial charge is 0.382 e. The van der Waals surface area contributed by atoms with Crippen molar-refractivity contribution in [1.82, 2.24) is 4.90 Å². The van der Waals surface area contributed by atoms with E-state index in [0.717, 1.165) is 30.9 Å². The first kappa shape index (κ1) is 17.7. The number of anilines is 1. The molecule has 1 N–H and O–H groups in total. The molecular weight excluding hydrogens is 345 g/mol. The zero-order chi connectivity index (χ0) is 18.6. The molecule has 2 aliphatic rings. The number of carbonyl (C=O) groups excluding carboxylic acids is 1. The Hall–Kier alpha value is -2.73. The molecule has 5 nitrogen and oxygen atoms in total. The van der Waals surface area contributed by atoms with E-state index in [9.17, 15) is 9.18 Å². The molecule has 0 bridgehead atoms. The Balaban J connectivity index is 1.40. The summed E-state index contributed by atoms with van der Waals surface area (Å²) in [5, 5.41) is 6.95. The van der Waals surface area contributed by atoms with E-state index in [1.54, 1.807) is 12.1 Å². The van der Waals surface area contributed by atoms with E-state index in [4.69, 9.17) is 4.84 Å². The zero-order valence-electron chi connectivity index (χ0n) is 15.0. The van der Waals surface area contributed by atoms with Crippen molar-refractivity contribution in [1.29, 1.82) is 0 Å². The van der Waals surface area contributed by atoms with Crippen LogP contribution >= 0.6 is 0 Å². The normalized spacial score (nSPS) is 19.6. The predicted molar refractivity (Wildman–Crippen MR) is 102 cm³/mol. The molecule has 1 unspecified atom stereocenters. The van der Waals surface area contributed by atoms with Crippen LogP contribution in [0.1, 0.15) is 30.4 Å². The Kier molecular flexibility index (Phi) is 5.16. The van der Waals surface area contributed by atoms with Crippen molar-refractivity contribution in [3.8, 4) is 0 Å². The molecule has 1 saturated heterocycles. The summed E-state index contributed by atoms with van der Waals surface area (Å²) in [4.78, 5) is 20.4. The number of nitrogens with one attached hydrogen (secondary N) is 1. The summed E-state index contributed by atoms with van der Waals surface area (Å²) in [6, 6.07) is 14.0. The molecule has 2 aliphatic heterocycles. The number of rotatable bonds is 5. The number of para-hydroxylation sites is 1. The van der Waals surface area contributed by atoms with Crippen molar-refractivity contribution >= 4 is 17.3 Å². The first-order chi connectivity index (χ1) is 13.2. The Morgan fingerprint density at radius 2 is 2.00 bits per heavy atom. The molecule has 2 heterocycles. The maximum absolute atomic E-state index is 13.4. The second-order valence-electron chi connectivity index (χ2n) is 6.98. The minimum absolute atomic E-state index is 0.237. The highest BCUT2D eigenvalue weighted by molar-refractivity contribution is 6.06. The van der Waals surface area contributed by atoms with Crippen LogP contribution in [0.15, 0.2) is 53.7 Å². The van der Waals surface area contributed by atoms with Crippen LogP contribution in [0.2, 0.25) is 0 Å². The second kappa shape index (κ2) is 7.88. The van der Waals surface area contributed by atoms with Gasteiger partial charge in [-0.1, -0.05) is 35.5 Å². The molecule has 0 spiro atoms. The van der Waals surface area contributed by atoms with Crippen molar-refractivity contribution in [2.75, 3.05) is 18.4 Å². The lowest BCUT2D eigenvalue weighted by Gasteiger charge is -2.18. The van der Waals surface area contributed by atoms with Crippen LogP contribution < -0.4 is 5.32 Å². The van der Waals surface area contributed by atoms with Crippen LogP contribution in [0.4, 0.5) is 10.1 Å². The molecule has 1 fully saturated rings. The molecular formula is C21H22FN3O2. The summed E-state index contributed by atoms with van der Waals surface area (Å²) in [6.07, 6.45) is 2.07. The topological polar surface area (TPSA) is 53.9 Å². The zero-order valence-corrected chi connectivity index (χ0v) is 15.0. The van der Waals surface area contributed by atoms with E-state index >= 15 is 0 Å². The smallest absolute Gasteiger partial charge is 0.268 e. The lowest BCUT2D eigenvalue weighted by molar-refractivity contribution is -0.125. The number of hydrogen-bond donors (Lipinski definition) is 1. The van der Waals surface area contributed by atoms with Gasteiger partial charge in [0.2, 0.25) is 6.10 Å². The van der Waals surface area contributed by atoms with Gasteiger partial charge in [-0.15, -0.1) is 0 Å². The maximum atomic E-state index is 13.4. The van der Waals surface area contributed by atoms with E-state index < -0.39 is 6.10 Å². The average molecular weight is 367 g/mol. The SMILES string of the molecule is O=C(Nc1ccccc1CN1CCCC1)C1CC(c2cccc(F)c2)=NO1. The quantitative estimate of drug-likeness (QED) is 0.879. The highest BCUT2D eigenvalue weighted by Gasteiger charge is 2.29. The predicted octanol–water partition coefficient (Wildman–Crippen LogP) is 3.55. The van der Waals surface area contributed by atoms with Gasteiger partial charge in [-0.2, -0.15) is 0 Å². The summed E-state index contributed by atoms with van der Waals surface area (Å²) in [5.41, 5.74) is 3.12. The van der Waals surface area contributed by atoms with E-state index in [1.807, 2.05) is 24.3 Å². The van der Waals surface area contributed by atoms with E-state index in [-0.39, 0.29) is 11.7 Å². The minimum Gasteiger partial charge on any atom is -0.382 e. The number of nitrogens with zero attached hydrogens (tertiary/aromatic N) is 2. The third kappa shape index (κ3) is 4.17. The fraction of sp³-hybridized carbons (Fsp3) is 0.333. The highest BCUT2D eigenvalue weighted by atomic mass is 19.1. The summed E-state index contributed by atoms with van der Waals surface area (Å²) < 4.78 is 13.4. The molecule has 27 heavy (non-hydrogen) atoms. The van der Waals surface area contributed by atoms with Gasteiger partial charge < -0.3 is 10.2 Å². The van der Waals surface area contributed by atoms with Gasteiger partial charge >= 0.3 is 0 Å². The number of likely N-dealkylation sites (tertiary alicyclic amines) is 1. The minimum atomic E-state index is -0.705. The van der Waals surface area contributed by atoms with Gasteiger partial charge in [0.25, 0.3) is 5.91 Å². The maximum Gasteiger partial charge on any atom is 0.268 e. The van der Waals surface area contributed by atoms with Crippen LogP contribution in [-0.4, -0.2) is 35.7 Å². The van der Waals surface area contributed by atoms with Crippen molar-refractivity contribution in [2.45, 2.75) is 31.9 Å². The van der Waals surface area contributed by atoms with E-state index in [0.29, 0.717) is 17.7 Å². The standard InChI is InChI=1S/C21H22FN3O2/c22-17-8-5-7-15(12-17)19-13-20(27-24-19)21(26)23-18-9-2-1-6-16(18)14-25-10-3-4-11-25/h1-2,5-9,12,20H,3-4,10-11,13-14H2,(H,23,26). The first-order valence-corrected chi connectivity index (χ1v) is 9.29. The van der Waals surface area contributed by atoms with Gasteiger partial charge in [0.1, 0.15) is 5.82 Å². The van der Waals surface area contributed by atoms with Crippen LogP contribution in [0.5, 0.6) is 0 Å². The molecule has 0 aliphatic carbocycles. The number of benzene rings is 2. The van der Waals surface area contributed by atoms with Gasteiger partial charge in [-0.05, 0) is 49.7 Å².